The zero-order valence-electron chi connectivity index (χ0n) is 13.8. The van der Waals surface area contributed by atoms with Crippen LogP contribution in [0.1, 0.15) is 17.4 Å². The first-order chi connectivity index (χ1) is 12.7. The molecule has 6 heteroatoms. The van der Waals surface area contributed by atoms with Crippen LogP contribution in [-0.2, 0) is 17.9 Å². The van der Waals surface area contributed by atoms with Gasteiger partial charge in [-0.2, -0.15) is 0 Å². The zero-order chi connectivity index (χ0) is 17.9. The van der Waals surface area contributed by atoms with E-state index in [2.05, 4.69) is 9.55 Å². The van der Waals surface area contributed by atoms with Crippen LogP contribution in [0, 0.1) is 0 Å². The maximum atomic E-state index is 6.26. The number of benzene rings is 2. The Bertz CT molecular complexity index is 992. The van der Waals surface area contributed by atoms with E-state index in [-0.39, 0.29) is 12.7 Å². The number of rotatable bonds is 6. The molecule has 0 saturated carbocycles. The molecule has 0 spiro atoms. The van der Waals surface area contributed by atoms with Crippen LogP contribution in [-0.4, -0.2) is 9.55 Å². The summed E-state index contributed by atoms with van der Waals surface area (Å²) >= 11 is 12.5. The molecule has 2 aromatic heterocycles. The lowest BCUT2D eigenvalue weighted by atomic mass is 10.2. The first kappa shape index (κ1) is 17.2. The second-order valence-corrected chi connectivity index (χ2v) is 6.72. The zero-order valence-corrected chi connectivity index (χ0v) is 15.3. The van der Waals surface area contributed by atoms with Gasteiger partial charge in [-0.3, -0.25) is 0 Å². The highest BCUT2D eigenvalue weighted by Gasteiger charge is 2.19. The molecule has 0 unspecified atom stereocenters. The minimum atomic E-state index is -0.296. The van der Waals surface area contributed by atoms with Crippen LogP contribution in [0.3, 0.4) is 0 Å². The monoisotopic (exact) mass is 386 g/mol. The molecule has 4 nitrogen and oxygen atoms in total. The van der Waals surface area contributed by atoms with Gasteiger partial charge in [0, 0.05) is 15.6 Å². The van der Waals surface area contributed by atoms with Crippen LogP contribution < -0.4 is 0 Å². The molecule has 0 saturated heterocycles. The molecule has 1 atom stereocenters. The number of imidazole rings is 1. The van der Waals surface area contributed by atoms with Crippen molar-refractivity contribution in [3.8, 4) is 0 Å². The lowest BCUT2D eigenvalue weighted by molar-refractivity contribution is 0.0148. The molecule has 132 valence electrons. The molecular weight excluding hydrogens is 371 g/mol. The van der Waals surface area contributed by atoms with Gasteiger partial charge in [0.15, 0.2) is 0 Å². The van der Waals surface area contributed by atoms with Gasteiger partial charge >= 0.3 is 0 Å². The summed E-state index contributed by atoms with van der Waals surface area (Å²) in [4.78, 5) is 4.43. The van der Waals surface area contributed by atoms with Crippen molar-refractivity contribution in [2.75, 3.05) is 0 Å². The van der Waals surface area contributed by atoms with Crippen molar-refractivity contribution < 1.29 is 9.15 Å². The summed E-state index contributed by atoms with van der Waals surface area (Å²) in [5.41, 5.74) is 2.76. The van der Waals surface area contributed by atoms with Crippen LogP contribution >= 0.6 is 23.2 Å². The Balaban J connectivity index is 1.59. The Hall–Kier alpha value is -2.27. The smallest absolute Gasteiger partial charge is 0.134 e. The highest BCUT2D eigenvalue weighted by molar-refractivity contribution is 6.35. The molecule has 0 aliphatic carbocycles. The third-order valence-electron chi connectivity index (χ3n) is 4.24. The van der Waals surface area contributed by atoms with Crippen molar-refractivity contribution in [3.05, 3.63) is 88.6 Å². The SMILES string of the molecule is Clc1cccc(Cl)c1CO[C@@H](Cn1cnc2ccccc21)c1ccco1. The average Bonchev–Trinajstić information content (AvgIpc) is 3.30. The largest absolute Gasteiger partial charge is 0.467 e. The van der Waals surface area contributed by atoms with E-state index in [1.165, 1.54) is 0 Å². The number of furan rings is 1. The lowest BCUT2D eigenvalue weighted by Gasteiger charge is -2.18. The molecule has 0 fully saturated rings. The highest BCUT2D eigenvalue weighted by Crippen LogP contribution is 2.29. The molecule has 26 heavy (non-hydrogen) atoms. The average molecular weight is 387 g/mol. The van der Waals surface area contributed by atoms with E-state index in [0.29, 0.717) is 16.6 Å². The van der Waals surface area contributed by atoms with Gasteiger partial charge in [0.25, 0.3) is 0 Å². The summed E-state index contributed by atoms with van der Waals surface area (Å²) in [6.45, 7) is 0.854. The molecule has 0 radical (unpaired) electrons. The van der Waals surface area contributed by atoms with Gasteiger partial charge in [-0.05, 0) is 36.4 Å². The molecule has 4 rings (SSSR count). The van der Waals surface area contributed by atoms with Crippen LogP contribution in [0.25, 0.3) is 11.0 Å². The predicted octanol–water partition coefficient (Wildman–Crippen LogP) is 5.89. The van der Waals surface area contributed by atoms with Gasteiger partial charge in [-0.25, -0.2) is 4.98 Å². The number of aromatic nitrogens is 2. The van der Waals surface area contributed by atoms with Gasteiger partial charge in [-0.15, -0.1) is 0 Å². The molecule has 2 aromatic carbocycles. The van der Waals surface area contributed by atoms with E-state index in [1.54, 1.807) is 18.4 Å². The number of fused-ring (bicyclic) bond motifs is 1. The van der Waals surface area contributed by atoms with Crippen LogP contribution in [0.15, 0.2) is 71.6 Å². The minimum absolute atomic E-state index is 0.288. The normalized spacial score (nSPS) is 12.5. The molecule has 0 amide bonds. The lowest BCUT2D eigenvalue weighted by Crippen LogP contribution is -2.12. The summed E-state index contributed by atoms with van der Waals surface area (Å²) in [7, 11) is 0. The first-order valence-electron chi connectivity index (χ1n) is 8.20. The third kappa shape index (κ3) is 3.49. The highest BCUT2D eigenvalue weighted by atomic mass is 35.5. The number of ether oxygens (including phenoxy) is 1. The summed E-state index contributed by atoms with van der Waals surface area (Å²) in [6, 6.07) is 17.2. The fourth-order valence-corrected chi connectivity index (χ4v) is 3.39. The van der Waals surface area contributed by atoms with Crippen LogP contribution in [0.4, 0.5) is 0 Å². The van der Waals surface area contributed by atoms with Crippen molar-refractivity contribution in [1.82, 2.24) is 9.55 Å². The third-order valence-corrected chi connectivity index (χ3v) is 4.95. The summed E-state index contributed by atoms with van der Waals surface area (Å²) in [5.74, 6) is 0.742. The predicted molar refractivity (Wildman–Crippen MR) is 102 cm³/mol. The van der Waals surface area contributed by atoms with Crippen LogP contribution in [0.5, 0.6) is 0 Å². The maximum absolute atomic E-state index is 6.26. The second-order valence-electron chi connectivity index (χ2n) is 5.90. The number of nitrogens with zero attached hydrogens (tertiary/aromatic N) is 2. The molecule has 0 N–H and O–H groups in total. The molecule has 0 aliphatic heterocycles. The van der Waals surface area contributed by atoms with Crippen molar-refractivity contribution in [2.45, 2.75) is 19.3 Å². The first-order valence-corrected chi connectivity index (χ1v) is 8.96. The molecule has 4 aromatic rings. The Morgan fingerprint density at radius 2 is 1.81 bits per heavy atom. The van der Waals surface area contributed by atoms with Crippen molar-refractivity contribution in [2.24, 2.45) is 0 Å². The Morgan fingerprint density at radius 1 is 1.00 bits per heavy atom. The van der Waals surface area contributed by atoms with E-state index in [0.717, 1.165) is 22.4 Å². The Kier molecular flexibility index (Phi) is 4.98. The van der Waals surface area contributed by atoms with E-state index < -0.39 is 0 Å². The van der Waals surface area contributed by atoms with Gasteiger partial charge in [0.1, 0.15) is 11.9 Å². The van der Waals surface area contributed by atoms with E-state index in [1.807, 2.05) is 48.8 Å². The quantitative estimate of drug-likeness (QED) is 0.414. The van der Waals surface area contributed by atoms with E-state index in [4.69, 9.17) is 32.4 Å². The number of hydrogen-bond donors (Lipinski definition) is 0. The molecule has 0 aliphatic rings. The van der Waals surface area contributed by atoms with Gasteiger partial charge in [0.05, 0.1) is 36.8 Å². The number of halogens is 2. The Morgan fingerprint density at radius 3 is 2.58 bits per heavy atom. The molecule has 2 heterocycles. The fraction of sp³-hybridized carbons (Fsp3) is 0.150. The topological polar surface area (TPSA) is 40.2 Å². The van der Waals surface area contributed by atoms with E-state index in [9.17, 15) is 0 Å². The van der Waals surface area contributed by atoms with Gasteiger partial charge < -0.3 is 13.7 Å². The number of para-hydroxylation sites is 2. The maximum Gasteiger partial charge on any atom is 0.134 e. The van der Waals surface area contributed by atoms with Crippen molar-refractivity contribution >= 4 is 34.2 Å². The Labute approximate surface area is 160 Å². The number of hydrogen-bond acceptors (Lipinski definition) is 3. The molecule has 0 bridgehead atoms. The molecular formula is C20H16Cl2N2O2. The van der Waals surface area contributed by atoms with E-state index >= 15 is 0 Å². The summed E-state index contributed by atoms with van der Waals surface area (Å²) in [5, 5.41) is 1.17. The van der Waals surface area contributed by atoms with Gasteiger partial charge in [0.2, 0.25) is 0 Å². The van der Waals surface area contributed by atoms with Gasteiger partial charge in [-0.1, -0.05) is 41.4 Å². The van der Waals surface area contributed by atoms with Crippen molar-refractivity contribution in [1.29, 1.82) is 0 Å². The summed E-state index contributed by atoms with van der Waals surface area (Å²) in [6.07, 6.45) is 3.15. The minimum Gasteiger partial charge on any atom is -0.467 e. The fourth-order valence-electron chi connectivity index (χ4n) is 2.89. The second kappa shape index (κ2) is 7.54. The van der Waals surface area contributed by atoms with Crippen LogP contribution in [0.2, 0.25) is 10.0 Å². The summed E-state index contributed by atoms with van der Waals surface area (Å²) < 4.78 is 13.8. The van der Waals surface area contributed by atoms with Crippen molar-refractivity contribution in [3.63, 3.8) is 0 Å². The standard InChI is InChI=1S/C20H16Cl2N2O2/c21-15-5-3-6-16(22)14(15)12-26-20(19-9-4-10-25-19)11-24-13-23-17-7-1-2-8-18(17)24/h1-10,13,20H,11-12H2/t20-/m0/s1.